The molecule has 0 saturated carbocycles. The van der Waals surface area contributed by atoms with Crippen LogP contribution >= 0.6 is 0 Å². The van der Waals surface area contributed by atoms with E-state index in [-0.39, 0.29) is 44.7 Å². The van der Waals surface area contributed by atoms with Gasteiger partial charge in [-0.2, -0.15) is 0 Å². The second-order valence-corrected chi connectivity index (χ2v) is 18.3. The number of carbonyl (C=O) groups excluding carboxylic acids is 2. The highest BCUT2D eigenvalue weighted by atomic mass is 16.7. The molecule has 3 aliphatic rings. The molecular formula is C49H79N3O16. The van der Waals surface area contributed by atoms with Crippen molar-refractivity contribution < 1.29 is 79.6 Å². The number of fused-ring (bicyclic) bond motifs is 2. The minimum Gasteiger partial charge on any atom is -0.462 e. The lowest BCUT2D eigenvalue weighted by molar-refractivity contribution is -0.307. The molecule has 19 heteroatoms. The van der Waals surface area contributed by atoms with Crippen LogP contribution in [0.1, 0.15) is 79.1 Å². The van der Waals surface area contributed by atoms with Gasteiger partial charge in [0.25, 0.3) is 0 Å². The lowest BCUT2D eigenvalue weighted by Gasteiger charge is -2.46. The second-order valence-electron chi connectivity index (χ2n) is 18.3. The van der Waals surface area contributed by atoms with Crippen LogP contribution in [0.3, 0.4) is 0 Å². The van der Waals surface area contributed by atoms with Gasteiger partial charge in [-0.15, -0.1) is 0 Å². The van der Waals surface area contributed by atoms with E-state index in [2.05, 4.69) is 5.32 Å². The summed E-state index contributed by atoms with van der Waals surface area (Å²) in [6, 6.07) is -1.13. The Balaban J connectivity index is 1.91. The number of nitrogens with two attached hydrogens (primary N) is 2. The fraction of sp³-hybridized carbons (Fsp3) is 0.673. The molecule has 19 nitrogen and oxygen atoms in total. The molecule has 68 heavy (non-hydrogen) atoms. The predicted molar refractivity (Wildman–Crippen MR) is 251 cm³/mol. The Morgan fingerprint density at radius 3 is 1.90 bits per heavy atom. The number of ether oxygens (including phenoxy) is 4. The van der Waals surface area contributed by atoms with Gasteiger partial charge < -0.3 is 86.8 Å². The van der Waals surface area contributed by atoms with E-state index < -0.39 is 147 Å². The van der Waals surface area contributed by atoms with Crippen LogP contribution in [0.4, 0.5) is 0 Å². The van der Waals surface area contributed by atoms with Crippen LogP contribution in [-0.4, -0.2) is 174 Å². The van der Waals surface area contributed by atoms with E-state index in [9.17, 15) is 60.7 Å². The van der Waals surface area contributed by atoms with Gasteiger partial charge in [0.05, 0.1) is 85.5 Å². The largest absolute Gasteiger partial charge is 0.462 e. The van der Waals surface area contributed by atoms with Crippen molar-refractivity contribution in [2.75, 3.05) is 13.1 Å². The molecule has 3 rings (SSSR count). The first kappa shape index (κ1) is 58.8. The lowest BCUT2D eigenvalue weighted by atomic mass is 9.82. The third-order valence-electron chi connectivity index (χ3n) is 12.5. The molecule has 15 N–H and O–H groups in total. The zero-order chi connectivity index (χ0) is 50.6. The average molecular weight is 966 g/mol. The van der Waals surface area contributed by atoms with E-state index in [0.717, 1.165) is 0 Å². The van der Waals surface area contributed by atoms with E-state index in [4.69, 9.17) is 30.4 Å². The van der Waals surface area contributed by atoms with Gasteiger partial charge in [0, 0.05) is 50.6 Å². The Bertz CT molecular complexity index is 1730. The van der Waals surface area contributed by atoms with E-state index >= 15 is 0 Å². The van der Waals surface area contributed by atoms with Crippen molar-refractivity contribution in [1.29, 1.82) is 0 Å². The number of aliphatic hydroxyl groups excluding tert-OH is 9. The fourth-order valence-electron chi connectivity index (χ4n) is 8.30. The zero-order valence-corrected chi connectivity index (χ0v) is 39.6. The Morgan fingerprint density at radius 1 is 0.706 bits per heavy atom. The number of hydrogen-bond donors (Lipinski definition) is 13. The van der Waals surface area contributed by atoms with Gasteiger partial charge in [-0.3, -0.25) is 9.59 Å². The number of carbonyl (C=O) groups is 2. The molecule has 0 aromatic rings. The van der Waals surface area contributed by atoms with Crippen LogP contribution in [0, 0.1) is 17.8 Å². The topological polar surface area (TPSA) is 337 Å². The van der Waals surface area contributed by atoms with Crippen LogP contribution in [0.15, 0.2) is 85.1 Å². The minimum atomic E-state index is -2.27. The Morgan fingerprint density at radius 2 is 1.29 bits per heavy atom. The number of aliphatic hydroxyl groups is 10. The van der Waals surface area contributed by atoms with Crippen molar-refractivity contribution >= 4 is 11.9 Å². The van der Waals surface area contributed by atoms with Gasteiger partial charge in [0.1, 0.15) is 12.2 Å². The number of cyclic esters (lactones) is 1. The van der Waals surface area contributed by atoms with Gasteiger partial charge in [-0.25, -0.2) is 0 Å². The van der Waals surface area contributed by atoms with Crippen molar-refractivity contribution in [3.8, 4) is 0 Å². The summed E-state index contributed by atoms with van der Waals surface area (Å²) in [7, 11) is 0. The maximum Gasteiger partial charge on any atom is 0.308 e. The molecule has 2 saturated heterocycles. The molecular weight excluding hydrogens is 887 g/mol. The molecule has 3 aliphatic heterocycles. The minimum absolute atomic E-state index is 0.0628. The molecule has 0 aliphatic carbocycles. The first-order valence-corrected chi connectivity index (χ1v) is 23.6. The van der Waals surface area contributed by atoms with Gasteiger partial charge in [-0.05, 0) is 33.1 Å². The monoisotopic (exact) mass is 966 g/mol. The third kappa shape index (κ3) is 19.7. The van der Waals surface area contributed by atoms with Crippen LogP contribution < -0.4 is 16.8 Å². The average Bonchev–Trinajstić information content (AvgIpc) is 3.26. The van der Waals surface area contributed by atoms with Crippen LogP contribution in [0.5, 0.6) is 0 Å². The molecule has 0 aromatic heterocycles. The molecule has 386 valence electrons. The first-order valence-electron chi connectivity index (χ1n) is 23.6. The molecule has 0 aromatic carbocycles. The standard InChI is InChI=1S/C49H79N3O16/c1-29-17-15-13-11-9-7-5-6-8-10-12-14-16-18-36(67-48-46(62)43(51)45(61)32(4)66-48)26-40-42(47(63)52-22-21-50)39(58)28-49(64,68-40)27-35(55)24-38(57)37(56)20-19-33(53)23-34(54)25-41(59)65-31(3)30(2)44(29)60/h5-18,29-40,42-46,48,53-58,60-62,64H,19-28,50-51H2,1-4H3,(H,52,63)/b6-5+,9-7+,10-8+,13-11+,14-12+,17-15+,18-16+/t29-,30-,31-,32?,33?,34?,35-,36?,37?,38+,39-,40-,42+,43?,44+,45?,46?,48?,49?/m0/s1. The molecule has 10 unspecified atom stereocenters. The number of rotatable bonds is 5. The zero-order valence-electron chi connectivity index (χ0n) is 39.6. The molecule has 0 spiro atoms. The van der Waals surface area contributed by atoms with Crippen LogP contribution in [-0.2, 0) is 28.5 Å². The Hall–Kier alpha value is -3.48. The summed E-state index contributed by atoms with van der Waals surface area (Å²) >= 11 is 0. The number of hydrogen-bond acceptors (Lipinski definition) is 18. The number of allylic oxidation sites excluding steroid dienone is 12. The van der Waals surface area contributed by atoms with E-state index in [1.54, 1.807) is 75.5 Å². The SMILES string of the molecule is CC1OC(OC2/C=C/C=C/C=C/C=C/C=C/C=C/C=C/[C@H](C)[C@@H](O)[C@@H](C)[C@H](C)OC(=O)CC(O)CC(O)CCC(O)[C@H](O)C[C@H](O)CC3(O)C[C@H](O)[C@@H](C(=O)NCCN)[C@H](C2)O3)C(O)C(N)C1O. The third-order valence-corrected chi connectivity index (χ3v) is 12.5. The van der Waals surface area contributed by atoms with Crippen molar-refractivity contribution in [3.63, 3.8) is 0 Å². The highest BCUT2D eigenvalue weighted by Crippen LogP contribution is 2.38. The van der Waals surface area contributed by atoms with Crippen molar-refractivity contribution in [1.82, 2.24) is 5.32 Å². The highest BCUT2D eigenvalue weighted by Gasteiger charge is 2.51. The summed E-state index contributed by atoms with van der Waals surface area (Å²) in [4.78, 5) is 26.2. The van der Waals surface area contributed by atoms with Crippen molar-refractivity contribution in [2.45, 2.75) is 177 Å². The summed E-state index contributed by atoms with van der Waals surface area (Å²) in [5.74, 6) is -5.65. The van der Waals surface area contributed by atoms with E-state index in [1.165, 1.54) is 0 Å². The number of esters is 1. The van der Waals surface area contributed by atoms with Crippen molar-refractivity contribution in [3.05, 3.63) is 85.1 Å². The fourth-order valence-corrected chi connectivity index (χ4v) is 8.30. The normalized spacial score (nSPS) is 44.0. The Labute approximate surface area is 399 Å². The number of nitrogens with one attached hydrogen (secondary N) is 1. The van der Waals surface area contributed by atoms with Gasteiger partial charge in [0.15, 0.2) is 12.1 Å². The molecule has 2 bridgehead atoms. The molecule has 19 atom stereocenters. The lowest BCUT2D eigenvalue weighted by Crippen LogP contribution is -2.62. The van der Waals surface area contributed by atoms with Gasteiger partial charge in [-0.1, -0.05) is 98.9 Å². The Kier molecular flexibility index (Phi) is 25.6. The smallest absolute Gasteiger partial charge is 0.308 e. The van der Waals surface area contributed by atoms with E-state index in [0.29, 0.717) is 0 Å². The summed E-state index contributed by atoms with van der Waals surface area (Å²) < 4.78 is 23.6. The first-order chi connectivity index (χ1) is 32.2. The molecule has 0 radical (unpaired) electrons. The highest BCUT2D eigenvalue weighted by molar-refractivity contribution is 5.80. The van der Waals surface area contributed by atoms with Crippen molar-refractivity contribution in [2.24, 2.45) is 29.2 Å². The predicted octanol–water partition coefficient (Wildman–Crippen LogP) is -0.298. The van der Waals surface area contributed by atoms with E-state index in [1.807, 2.05) is 37.3 Å². The van der Waals surface area contributed by atoms with Gasteiger partial charge in [0.2, 0.25) is 5.91 Å². The quantitative estimate of drug-likeness (QED) is 0.157. The van der Waals surface area contributed by atoms with Crippen LogP contribution in [0.2, 0.25) is 0 Å². The summed E-state index contributed by atoms with van der Waals surface area (Å²) in [6.45, 7) is 6.94. The summed E-state index contributed by atoms with van der Waals surface area (Å²) in [6.07, 6.45) is 4.61. The molecule has 3 heterocycles. The summed E-state index contributed by atoms with van der Waals surface area (Å²) in [5.41, 5.74) is 11.7. The molecule has 2 fully saturated rings. The maximum atomic E-state index is 13.5. The van der Waals surface area contributed by atoms with Gasteiger partial charge >= 0.3 is 5.97 Å². The molecule has 1 amide bonds. The maximum absolute atomic E-state index is 13.5. The second kappa shape index (κ2) is 29.6. The van der Waals surface area contributed by atoms with Crippen LogP contribution in [0.25, 0.3) is 0 Å². The number of amides is 1. The summed E-state index contributed by atoms with van der Waals surface area (Å²) in [5, 5.41) is 112.